The molecule has 2 saturated heterocycles. The van der Waals surface area contributed by atoms with Crippen LogP contribution < -0.4 is 0 Å². The molecule has 3 aliphatic heterocycles. The van der Waals surface area contributed by atoms with E-state index in [1.165, 1.54) is 38.5 Å². The van der Waals surface area contributed by atoms with E-state index < -0.39 is 36.0 Å². The predicted molar refractivity (Wildman–Crippen MR) is 199 cm³/mol. The quantitative estimate of drug-likeness (QED) is 0.101. The Kier molecular flexibility index (Phi) is 16.5. The molecule has 0 aromatic carbocycles. The van der Waals surface area contributed by atoms with Gasteiger partial charge in [-0.15, -0.1) is 0 Å². The molecule has 3 fully saturated rings. The Balaban J connectivity index is 1.38. The van der Waals surface area contributed by atoms with Gasteiger partial charge in [-0.05, 0) is 64.0 Å². The maximum atomic E-state index is 13.5. The first-order chi connectivity index (χ1) is 24.9. The molecule has 1 aliphatic carbocycles. The van der Waals surface area contributed by atoms with Gasteiger partial charge in [0.15, 0.2) is 6.10 Å². The van der Waals surface area contributed by atoms with Crippen molar-refractivity contribution in [2.45, 2.75) is 134 Å². The molecule has 0 radical (unpaired) electrons. The Morgan fingerprint density at radius 2 is 1.73 bits per heavy atom. The number of nitrogens with zero attached hydrogens (tertiary/aromatic N) is 3. The molecule has 12 nitrogen and oxygen atoms in total. The Morgan fingerprint density at radius 1 is 1.02 bits per heavy atom. The number of hydrogen-bond donors (Lipinski definition) is 2. The number of carbonyl (C=O) groups excluding carboxylic acids is 3. The monoisotopic (exact) mass is 731 g/mol. The van der Waals surface area contributed by atoms with E-state index >= 15 is 0 Å². The lowest BCUT2D eigenvalue weighted by Crippen LogP contribution is -2.53. The number of ether oxygens (including phenoxy) is 4. The molecular formula is C40H65N3O9. The molecule has 0 aromatic rings. The summed E-state index contributed by atoms with van der Waals surface area (Å²) in [4.78, 5) is 45.0. The average molecular weight is 732 g/mol. The second-order valence-electron chi connectivity index (χ2n) is 15.7. The first-order valence-electron chi connectivity index (χ1n) is 19.6. The lowest BCUT2D eigenvalue weighted by atomic mass is 9.89. The van der Waals surface area contributed by atoms with E-state index in [-0.39, 0.29) is 49.8 Å². The maximum Gasteiger partial charge on any atom is 0.410 e. The molecule has 12 heteroatoms. The number of hydrogen-bond acceptors (Lipinski definition) is 10. The van der Waals surface area contributed by atoms with Crippen molar-refractivity contribution in [3.8, 4) is 0 Å². The highest BCUT2D eigenvalue weighted by atomic mass is 16.6. The van der Waals surface area contributed by atoms with Crippen LogP contribution >= 0.6 is 0 Å². The summed E-state index contributed by atoms with van der Waals surface area (Å²) in [5.41, 5.74) is -0.704. The van der Waals surface area contributed by atoms with E-state index in [4.69, 9.17) is 18.9 Å². The third kappa shape index (κ3) is 12.6. The van der Waals surface area contributed by atoms with Crippen molar-refractivity contribution in [3.63, 3.8) is 0 Å². The number of cyclic esters (lactones) is 1. The largest absolute Gasteiger partial charge is 0.457 e. The van der Waals surface area contributed by atoms with Crippen LogP contribution in [-0.2, 0) is 23.7 Å². The van der Waals surface area contributed by atoms with Gasteiger partial charge in [0.05, 0.1) is 31.8 Å². The van der Waals surface area contributed by atoms with Crippen molar-refractivity contribution >= 4 is 18.2 Å². The van der Waals surface area contributed by atoms with Crippen LogP contribution in [0.3, 0.4) is 0 Å². The number of aliphatic hydroxyl groups is 2. The molecule has 4 aliphatic rings. The van der Waals surface area contributed by atoms with Crippen LogP contribution in [0, 0.1) is 11.8 Å². The smallest absolute Gasteiger partial charge is 0.410 e. The summed E-state index contributed by atoms with van der Waals surface area (Å²) in [6.45, 7) is 11.5. The Bertz CT molecular complexity index is 1240. The van der Waals surface area contributed by atoms with Crippen LogP contribution in [0.5, 0.6) is 0 Å². The SMILES string of the molecule is COC[C@@H]1CCCN1C(=O)OC[C@H](C)/C=C/C=C(\C)[C@H]1OC(=O)C[C@H](O)CC[C@@](C)(O)[C@@H](OC(=O)N2CCN(C3CCCCCC3)CC2)/C=C\[C@@H]1C. The second-order valence-corrected chi connectivity index (χ2v) is 15.7. The summed E-state index contributed by atoms with van der Waals surface area (Å²) in [5.74, 6) is -0.931. The number of rotatable bonds is 9. The number of methoxy groups -OCH3 is 1. The van der Waals surface area contributed by atoms with E-state index in [9.17, 15) is 24.6 Å². The molecule has 4 rings (SSSR count). The highest BCUT2D eigenvalue weighted by Gasteiger charge is 2.37. The zero-order chi connectivity index (χ0) is 37.7. The van der Waals surface area contributed by atoms with Crippen molar-refractivity contribution in [3.05, 3.63) is 36.0 Å². The second kappa shape index (κ2) is 20.5. The fourth-order valence-electron chi connectivity index (χ4n) is 7.80. The fraction of sp³-hybridized carbons (Fsp3) is 0.775. The molecule has 2 N–H and O–H groups in total. The van der Waals surface area contributed by atoms with E-state index in [1.54, 1.807) is 29.9 Å². The van der Waals surface area contributed by atoms with Gasteiger partial charge in [0.1, 0.15) is 11.7 Å². The summed E-state index contributed by atoms with van der Waals surface area (Å²) in [7, 11) is 1.63. The topological polar surface area (TPSA) is 138 Å². The molecule has 0 aromatic heterocycles. The first-order valence-corrected chi connectivity index (χ1v) is 19.6. The minimum Gasteiger partial charge on any atom is -0.457 e. The van der Waals surface area contributed by atoms with E-state index in [1.807, 2.05) is 45.1 Å². The molecule has 294 valence electrons. The number of esters is 1. The van der Waals surface area contributed by atoms with Gasteiger partial charge < -0.3 is 39.0 Å². The van der Waals surface area contributed by atoms with Gasteiger partial charge in [0.25, 0.3) is 0 Å². The Hall–Kier alpha value is -2.93. The minimum atomic E-state index is -1.47. The van der Waals surface area contributed by atoms with Crippen LogP contribution in [0.15, 0.2) is 36.0 Å². The van der Waals surface area contributed by atoms with Crippen LogP contribution in [-0.4, -0.2) is 132 Å². The number of amides is 2. The van der Waals surface area contributed by atoms with Gasteiger partial charge in [-0.1, -0.05) is 63.8 Å². The van der Waals surface area contributed by atoms with Gasteiger partial charge in [0.2, 0.25) is 0 Å². The van der Waals surface area contributed by atoms with E-state index in [0.29, 0.717) is 32.3 Å². The molecule has 0 unspecified atom stereocenters. The van der Waals surface area contributed by atoms with Gasteiger partial charge in [-0.2, -0.15) is 0 Å². The van der Waals surface area contributed by atoms with Gasteiger partial charge in [0, 0.05) is 57.7 Å². The maximum absolute atomic E-state index is 13.5. The number of likely N-dealkylation sites (tertiary alicyclic amines) is 1. The summed E-state index contributed by atoms with van der Waals surface area (Å²) >= 11 is 0. The molecular weight excluding hydrogens is 666 g/mol. The lowest BCUT2D eigenvalue weighted by molar-refractivity contribution is -0.151. The molecule has 0 bridgehead atoms. The third-order valence-electron chi connectivity index (χ3n) is 11.2. The van der Waals surface area contributed by atoms with Crippen molar-refractivity contribution in [2.75, 3.05) is 53.0 Å². The minimum absolute atomic E-state index is 0.0461. The molecule has 1 saturated carbocycles. The van der Waals surface area contributed by atoms with Crippen LogP contribution in [0.2, 0.25) is 0 Å². The zero-order valence-electron chi connectivity index (χ0n) is 32.2. The summed E-state index contributed by atoms with van der Waals surface area (Å²) < 4.78 is 22.7. The Labute approximate surface area is 311 Å². The molecule has 2 amide bonds. The molecule has 3 heterocycles. The van der Waals surface area contributed by atoms with Gasteiger partial charge in [-0.25, -0.2) is 9.59 Å². The summed E-state index contributed by atoms with van der Waals surface area (Å²) in [6.07, 6.45) is 15.2. The van der Waals surface area contributed by atoms with Gasteiger partial charge in [-0.3, -0.25) is 9.69 Å². The van der Waals surface area contributed by atoms with Crippen molar-refractivity contribution in [1.29, 1.82) is 0 Å². The Morgan fingerprint density at radius 3 is 2.42 bits per heavy atom. The number of aliphatic hydroxyl groups excluding tert-OH is 1. The average Bonchev–Trinajstić information content (AvgIpc) is 3.41. The van der Waals surface area contributed by atoms with Crippen LogP contribution in [0.1, 0.15) is 98.3 Å². The lowest BCUT2D eigenvalue weighted by Gasteiger charge is -2.40. The number of allylic oxidation sites excluding steroid dienone is 2. The van der Waals surface area contributed by atoms with Crippen molar-refractivity contribution < 1.29 is 43.5 Å². The molecule has 0 spiro atoms. The van der Waals surface area contributed by atoms with Crippen LogP contribution in [0.4, 0.5) is 9.59 Å². The highest BCUT2D eigenvalue weighted by molar-refractivity contribution is 5.70. The first kappa shape index (κ1) is 41.8. The summed E-state index contributed by atoms with van der Waals surface area (Å²) in [6, 6.07) is 0.630. The zero-order valence-corrected chi connectivity index (χ0v) is 32.2. The highest BCUT2D eigenvalue weighted by Crippen LogP contribution is 2.28. The van der Waals surface area contributed by atoms with E-state index in [2.05, 4.69) is 4.90 Å². The standard InChI is InChI=1S/C40H65N3O9/c1-29(27-50-39(47)43-21-11-16-33(43)28-49-5)12-10-13-30(2)37-31(3)17-18-35(40(4,48)20-19-34(44)26-36(45)52-37)51-38(46)42-24-22-41(23-25-42)32-14-8-6-7-9-15-32/h10,12-13,17-18,29,31-35,37,44,48H,6-9,11,14-16,19-28H2,1-5H3/b12-10+,18-17-,30-13+/t29-,31+,33+,34-,35+,37-,40-/m1/s1. The summed E-state index contributed by atoms with van der Waals surface area (Å²) in [5, 5.41) is 22.2. The normalized spacial score (nSPS) is 32.0. The van der Waals surface area contributed by atoms with Gasteiger partial charge >= 0.3 is 18.2 Å². The molecule has 52 heavy (non-hydrogen) atoms. The van der Waals surface area contributed by atoms with Crippen molar-refractivity contribution in [1.82, 2.24) is 14.7 Å². The van der Waals surface area contributed by atoms with E-state index in [0.717, 1.165) is 31.5 Å². The number of piperazine rings is 1. The predicted octanol–water partition coefficient (Wildman–Crippen LogP) is 5.62. The molecule has 7 atom stereocenters. The number of carbonyl (C=O) groups is 3. The van der Waals surface area contributed by atoms with Crippen LogP contribution in [0.25, 0.3) is 0 Å². The van der Waals surface area contributed by atoms with Crippen molar-refractivity contribution in [2.24, 2.45) is 11.8 Å². The third-order valence-corrected chi connectivity index (χ3v) is 11.2. The fourth-order valence-corrected chi connectivity index (χ4v) is 7.80.